The first kappa shape index (κ1) is 22.9. The van der Waals surface area contributed by atoms with Crippen LogP contribution in [0, 0.1) is 5.82 Å². The number of halogens is 5. The number of imidazole rings is 1. The van der Waals surface area contributed by atoms with Gasteiger partial charge >= 0.3 is 6.18 Å². The molecule has 1 fully saturated rings. The number of aromatic nitrogens is 4. The summed E-state index contributed by atoms with van der Waals surface area (Å²) in [5.74, 6) is -0.572. The van der Waals surface area contributed by atoms with Crippen molar-refractivity contribution in [3.8, 4) is 11.3 Å². The third kappa shape index (κ3) is 4.49. The Morgan fingerprint density at radius 3 is 2.64 bits per heavy atom. The molecule has 0 bridgehead atoms. The van der Waals surface area contributed by atoms with E-state index in [0.717, 1.165) is 11.6 Å². The van der Waals surface area contributed by atoms with Crippen molar-refractivity contribution in [2.45, 2.75) is 44.5 Å². The molecule has 0 spiro atoms. The summed E-state index contributed by atoms with van der Waals surface area (Å²) in [5.41, 5.74) is 5.69. The average molecular weight is 466 g/mol. The van der Waals surface area contributed by atoms with E-state index in [1.165, 1.54) is 18.6 Å². The van der Waals surface area contributed by atoms with Crippen molar-refractivity contribution in [3.05, 3.63) is 53.5 Å². The molecule has 0 saturated carbocycles. The monoisotopic (exact) mass is 466 g/mol. The SMILES string of the molecule is CC(C)c1c(N)ncnc1N1CC[C@@H](c2nc(-c3ccc(F)c(C(F)(F)F)c3)c[nH]2)[C@@H](F)C1. The van der Waals surface area contributed by atoms with Crippen LogP contribution in [0.5, 0.6) is 0 Å². The zero-order chi connectivity index (χ0) is 23.9. The second-order valence-corrected chi connectivity index (χ2v) is 8.37. The van der Waals surface area contributed by atoms with Gasteiger partial charge < -0.3 is 15.6 Å². The second kappa shape index (κ2) is 8.60. The third-order valence-corrected chi connectivity index (χ3v) is 5.83. The number of nitrogens with zero attached hydrogens (tertiary/aromatic N) is 4. The van der Waals surface area contributed by atoms with Crippen LogP contribution in [-0.2, 0) is 6.18 Å². The van der Waals surface area contributed by atoms with Crippen LogP contribution in [0.4, 0.5) is 33.6 Å². The van der Waals surface area contributed by atoms with Gasteiger partial charge in [0, 0.05) is 23.9 Å². The predicted octanol–water partition coefficient (Wildman–Crippen LogP) is 5.06. The standard InChI is InChI=1S/C22H23F5N6/c1-11(2)18-19(28)30-10-31-21(18)33-6-5-13(16(24)9-33)20-29-8-17(32-20)12-3-4-15(23)14(7-12)22(25,26)27/h3-4,7-8,10-11,13,16H,5-6,9H2,1-2H3,(H,29,32)(H2,28,30,31)/t13-,16+/m1/s1. The van der Waals surface area contributed by atoms with Gasteiger partial charge in [-0.1, -0.05) is 13.8 Å². The van der Waals surface area contributed by atoms with E-state index in [1.807, 2.05) is 18.7 Å². The molecule has 11 heteroatoms. The minimum atomic E-state index is -4.82. The number of H-pyrrole nitrogens is 1. The Balaban J connectivity index is 1.54. The molecular formula is C22H23F5N6. The van der Waals surface area contributed by atoms with Crippen molar-refractivity contribution in [2.75, 3.05) is 23.7 Å². The van der Waals surface area contributed by atoms with E-state index in [9.17, 15) is 17.6 Å². The van der Waals surface area contributed by atoms with Gasteiger partial charge in [0.1, 0.15) is 35.8 Å². The van der Waals surface area contributed by atoms with E-state index in [0.29, 0.717) is 36.5 Å². The molecule has 3 N–H and O–H groups in total. The van der Waals surface area contributed by atoms with Crippen molar-refractivity contribution in [1.82, 2.24) is 19.9 Å². The molecule has 4 rings (SSSR count). The Labute approximate surface area is 187 Å². The highest BCUT2D eigenvalue weighted by atomic mass is 19.4. The van der Waals surface area contributed by atoms with Crippen molar-refractivity contribution >= 4 is 11.6 Å². The molecule has 0 amide bonds. The molecule has 3 aromatic rings. The van der Waals surface area contributed by atoms with E-state index in [4.69, 9.17) is 5.73 Å². The number of anilines is 2. The van der Waals surface area contributed by atoms with Gasteiger partial charge in [-0.05, 0) is 30.5 Å². The lowest BCUT2D eigenvalue weighted by Gasteiger charge is -2.36. The molecular weight excluding hydrogens is 443 g/mol. The number of benzene rings is 1. The number of nitrogens with one attached hydrogen (secondary N) is 1. The quantitative estimate of drug-likeness (QED) is 0.525. The van der Waals surface area contributed by atoms with E-state index in [-0.39, 0.29) is 23.7 Å². The zero-order valence-corrected chi connectivity index (χ0v) is 18.0. The first-order valence-electron chi connectivity index (χ1n) is 10.5. The number of hydrogen-bond donors (Lipinski definition) is 2. The Hall–Kier alpha value is -3.24. The fourth-order valence-corrected chi connectivity index (χ4v) is 4.19. The zero-order valence-electron chi connectivity index (χ0n) is 18.0. The number of rotatable bonds is 4. The molecule has 0 unspecified atom stereocenters. The van der Waals surface area contributed by atoms with Gasteiger partial charge in [0.15, 0.2) is 0 Å². The van der Waals surface area contributed by atoms with Crippen LogP contribution in [0.25, 0.3) is 11.3 Å². The summed E-state index contributed by atoms with van der Waals surface area (Å²) in [7, 11) is 0. The van der Waals surface area contributed by atoms with E-state index < -0.39 is 29.6 Å². The number of alkyl halides is 4. The van der Waals surface area contributed by atoms with Crippen molar-refractivity contribution in [2.24, 2.45) is 0 Å². The molecule has 1 saturated heterocycles. The largest absolute Gasteiger partial charge is 0.419 e. The summed E-state index contributed by atoms with van der Waals surface area (Å²) < 4.78 is 67.9. The summed E-state index contributed by atoms with van der Waals surface area (Å²) in [6.45, 7) is 4.47. The Morgan fingerprint density at radius 1 is 1.21 bits per heavy atom. The first-order valence-corrected chi connectivity index (χ1v) is 10.5. The maximum atomic E-state index is 15.2. The fraction of sp³-hybridized carbons (Fsp3) is 0.409. The molecule has 1 aliphatic heterocycles. The number of piperidine rings is 1. The Morgan fingerprint density at radius 2 is 1.97 bits per heavy atom. The van der Waals surface area contributed by atoms with E-state index in [2.05, 4.69) is 19.9 Å². The molecule has 3 heterocycles. The Bertz CT molecular complexity index is 1140. The minimum Gasteiger partial charge on any atom is -0.383 e. The van der Waals surface area contributed by atoms with Gasteiger partial charge in [0.05, 0.1) is 23.7 Å². The minimum absolute atomic E-state index is 0.0573. The van der Waals surface area contributed by atoms with Gasteiger partial charge in [-0.3, -0.25) is 0 Å². The summed E-state index contributed by atoms with van der Waals surface area (Å²) in [5, 5.41) is 0. The molecule has 176 valence electrons. The van der Waals surface area contributed by atoms with Gasteiger partial charge in [-0.25, -0.2) is 23.7 Å². The van der Waals surface area contributed by atoms with Crippen molar-refractivity contribution in [3.63, 3.8) is 0 Å². The van der Waals surface area contributed by atoms with Crippen LogP contribution in [0.15, 0.2) is 30.7 Å². The normalized spacial score (nSPS) is 19.3. The van der Waals surface area contributed by atoms with Gasteiger partial charge in [0.25, 0.3) is 0 Å². The van der Waals surface area contributed by atoms with E-state index in [1.54, 1.807) is 0 Å². The highest BCUT2D eigenvalue weighted by molar-refractivity contribution is 5.61. The summed E-state index contributed by atoms with van der Waals surface area (Å²) in [4.78, 5) is 17.4. The predicted molar refractivity (Wildman–Crippen MR) is 114 cm³/mol. The van der Waals surface area contributed by atoms with Crippen LogP contribution in [0.1, 0.15) is 49.1 Å². The maximum absolute atomic E-state index is 15.2. The first-order chi connectivity index (χ1) is 15.6. The highest BCUT2D eigenvalue weighted by Gasteiger charge is 2.36. The van der Waals surface area contributed by atoms with Crippen LogP contribution in [-0.4, -0.2) is 39.2 Å². The second-order valence-electron chi connectivity index (χ2n) is 8.37. The van der Waals surface area contributed by atoms with Crippen LogP contribution >= 0.6 is 0 Å². The highest BCUT2D eigenvalue weighted by Crippen LogP contribution is 2.37. The van der Waals surface area contributed by atoms with Crippen LogP contribution in [0.3, 0.4) is 0 Å². The lowest BCUT2D eigenvalue weighted by molar-refractivity contribution is -0.139. The lowest BCUT2D eigenvalue weighted by Crippen LogP contribution is -2.42. The summed E-state index contributed by atoms with van der Waals surface area (Å²) in [6.07, 6.45) is -2.95. The summed E-state index contributed by atoms with van der Waals surface area (Å²) >= 11 is 0. The van der Waals surface area contributed by atoms with Gasteiger partial charge in [-0.2, -0.15) is 13.2 Å². The summed E-state index contributed by atoms with van der Waals surface area (Å²) in [6, 6.07) is 2.67. The molecule has 2 aromatic heterocycles. The Kier molecular flexibility index (Phi) is 5.98. The van der Waals surface area contributed by atoms with Crippen LogP contribution < -0.4 is 10.6 Å². The fourth-order valence-electron chi connectivity index (χ4n) is 4.19. The smallest absolute Gasteiger partial charge is 0.383 e. The molecule has 33 heavy (non-hydrogen) atoms. The topological polar surface area (TPSA) is 83.7 Å². The van der Waals surface area contributed by atoms with Crippen LogP contribution in [0.2, 0.25) is 0 Å². The van der Waals surface area contributed by atoms with Crippen molar-refractivity contribution < 1.29 is 22.0 Å². The number of aromatic amines is 1. The third-order valence-electron chi connectivity index (χ3n) is 5.83. The van der Waals surface area contributed by atoms with Gasteiger partial charge in [0.2, 0.25) is 0 Å². The number of hydrogen-bond acceptors (Lipinski definition) is 5. The molecule has 6 nitrogen and oxygen atoms in total. The maximum Gasteiger partial charge on any atom is 0.419 e. The molecule has 0 aliphatic carbocycles. The van der Waals surface area contributed by atoms with E-state index >= 15 is 4.39 Å². The molecule has 1 aliphatic rings. The molecule has 1 aromatic carbocycles. The lowest BCUT2D eigenvalue weighted by atomic mass is 9.93. The van der Waals surface area contributed by atoms with Gasteiger partial charge in [-0.15, -0.1) is 0 Å². The van der Waals surface area contributed by atoms with Crippen molar-refractivity contribution in [1.29, 1.82) is 0 Å². The average Bonchev–Trinajstić information content (AvgIpc) is 3.22. The molecule has 0 radical (unpaired) electrons. The molecule has 2 atom stereocenters. The number of nitrogens with two attached hydrogens (primary N) is 1. The number of nitrogen functional groups attached to an aromatic ring is 1.